The third kappa shape index (κ3) is 5.80. The molecule has 0 atom stereocenters. The van der Waals surface area contributed by atoms with Gasteiger partial charge in [-0.1, -0.05) is 6.92 Å². The normalized spacial score (nSPS) is 19.1. The van der Waals surface area contributed by atoms with Crippen molar-refractivity contribution in [2.45, 2.75) is 19.8 Å². The smallest absolute Gasteiger partial charge is 0.0701 e. The summed E-state index contributed by atoms with van der Waals surface area (Å²) in [5.41, 5.74) is 0. The van der Waals surface area contributed by atoms with Crippen molar-refractivity contribution in [2.24, 2.45) is 5.92 Å². The molecular weight excluding hydrogens is 206 g/mol. The number of rotatable bonds is 8. The van der Waals surface area contributed by atoms with E-state index in [1.54, 1.807) is 0 Å². The Morgan fingerprint density at radius 3 is 2.44 bits per heavy atom. The fourth-order valence-electron chi connectivity index (χ4n) is 2.00. The first-order chi connectivity index (χ1) is 7.86. The van der Waals surface area contributed by atoms with Crippen molar-refractivity contribution in [3.63, 3.8) is 0 Å². The van der Waals surface area contributed by atoms with E-state index in [4.69, 9.17) is 14.6 Å². The van der Waals surface area contributed by atoms with Gasteiger partial charge >= 0.3 is 0 Å². The van der Waals surface area contributed by atoms with Gasteiger partial charge in [-0.2, -0.15) is 0 Å². The zero-order valence-electron chi connectivity index (χ0n) is 10.4. The summed E-state index contributed by atoms with van der Waals surface area (Å²) >= 11 is 0. The second kappa shape index (κ2) is 8.93. The predicted octanol–water partition coefficient (Wildman–Crippen LogP) is 0.744. The van der Waals surface area contributed by atoms with Crippen LogP contribution in [0.2, 0.25) is 0 Å². The van der Waals surface area contributed by atoms with Crippen molar-refractivity contribution in [1.29, 1.82) is 0 Å². The molecule has 1 rings (SSSR count). The van der Waals surface area contributed by atoms with Crippen molar-refractivity contribution in [3.05, 3.63) is 0 Å². The number of piperidine rings is 1. The molecule has 1 saturated heterocycles. The zero-order chi connectivity index (χ0) is 11.6. The Labute approximate surface area is 98.5 Å². The van der Waals surface area contributed by atoms with E-state index in [1.165, 1.54) is 32.5 Å². The van der Waals surface area contributed by atoms with E-state index in [0.29, 0.717) is 19.8 Å². The number of aliphatic hydroxyl groups is 1. The summed E-state index contributed by atoms with van der Waals surface area (Å²) < 4.78 is 10.7. The molecule has 0 aromatic heterocycles. The molecule has 0 aliphatic carbocycles. The van der Waals surface area contributed by atoms with Crippen LogP contribution >= 0.6 is 0 Å². The highest BCUT2D eigenvalue weighted by Gasteiger charge is 2.17. The molecule has 1 heterocycles. The van der Waals surface area contributed by atoms with Crippen LogP contribution in [0.15, 0.2) is 0 Å². The Morgan fingerprint density at radius 2 is 1.81 bits per heavy atom. The summed E-state index contributed by atoms with van der Waals surface area (Å²) in [5.74, 6) is 0.723. The highest BCUT2D eigenvalue weighted by molar-refractivity contribution is 4.70. The molecule has 0 saturated carbocycles. The van der Waals surface area contributed by atoms with Crippen LogP contribution in [0.3, 0.4) is 0 Å². The fraction of sp³-hybridized carbons (Fsp3) is 1.00. The first-order valence-electron chi connectivity index (χ1n) is 6.35. The van der Waals surface area contributed by atoms with Gasteiger partial charge in [0.25, 0.3) is 0 Å². The van der Waals surface area contributed by atoms with Gasteiger partial charge in [0.15, 0.2) is 0 Å². The molecule has 16 heavy (non-hydrogen) atoms. The molecule has 1 fully saturated rings. The summed E-state index contributed by atoms with van der Waals surface area (Å²) in [6, 6.07) is 0. The van der Waals surface area contributed by atoms with Crippen molar-refractivity contribution >= 4 is 0 Å². The Bertz CT molecular complexity index is 158. The summed E-state index contributed by atoms with van der Waals surface area (Å²) in [5, 5.41) is 8.50. The highest BCUT2D eigenvalue weighted by atomic mass is 16.5. The number of hydrogen-bond donors (Lipinski definition) is 1. The number of ether oxygens (including phenoxy) is 2. The lowest BCUT2D eigenvalue weighted by atomic mass is 9.98. The molecule has 0 amide bonds. The third-order valence-corrected chi connectivity index (χ3v) is 3.12. The number of aliphatic hydroxyl groups excluding tert-OH is 1. The lowest BCUT2D eigenvalue weighted by Crippen LogP contribution is -2.34. The zero-order valence-corrected chi connectivity index (χ0v) is 10.4. The molecule has 0 radical (unpaired) electrons. The molecule has 0 aromatic carbocycles. The minimum absolute atomic E-state index is 0.0927. The molecule has 4 heteroatoms. The van der Waals surface area contributed by atoms with Gasteiger partial charge in [0.05, 0.1) is 26.4 Å². The van der Waals surface area contributed by atoms with E-state index in [-0.39, 0.29) is 6.61 Å². The molecule has 0 unspecified atom stereocenters. The van der Waals surface area contributed by atoms with Crippen molar-refractivity contribution in [1.82, 2.24) is 4.90 Å². The van der Waals surface area contributed by atoms with Gasteiger partial charge in [-0.3, -0.25) is 0 Å². The second-order valence-electron chi connectivity index (χ2n) is 4.29. The minimum atomic E-state index is 0.0927. The summed E-state index contributed by atoms with van der Waals surface area (Å²) in [6.07, 6.45) is 2.51. The topological polar surface area (TPSA) is 41.9 Å². The van der Waals surface area contributed by atoms with Crippen LogP contribution in [-0.2, 0) is 9.47 Å². The Kier molecular flexibility index (Phi) is 7.76. The van der Waals surface area contributed by atoms with E-state index in [2.05, 4.69) is 11.8 Å². The molecule has 96 valence electrons. The number of likely N-dealkylation sites (tertiary alicyclic amines) is 1. The van der Waals surface area contributed by atoms with Crippen molar-refractivity contribution in [2.75, 3.05) is 52.7 Å². The summed E-state index contributed by atoms with van der Waals surface area (Å²) in [7, 11) is 0. The van der Waals surface area contributed by atoms with E-state index < -0.39 is 0 Å². The maximum Gasteiger partial charge on any atom is 0.0701 e. The maximum atomic E-state index is 8.50. The van der Waals surface area contributed by atoms with Crippen molar-refractivity contribution < 1.29 is 14.6 Å². The fourth-order valence-corrected chi connectivity index (χ4v) is 2.00. The molecule has 0 aromatic rings. The van der Waals surface area contributed by atoms with Crippen LogP contribution in [0.4, 0.5) is 0 Å². The summed E-state index contributed by atoms with van der Waals surface area (Å²) in [6.45, 7) is 8.42. The average molecular weight is 231 g/mol. The lowest BCUT2D eigenvalue weighted by molar-refractivity contribution is 0.0132. The van der Waals surface area contributed by atoms with E-state index >= 15 is 0 Å². The van der Waals surface area contributed by atoms with Crippen LogP contribution in [-0.4, -0.2) is 62.7 Å². The lowest BCUT2D eigenvalue weighted by Gasteiger charge is -2.30. The van der Waals surface area contributed by atoms with Gasteiger partial charge in [-0.25, -0.2) is 0 Å². The molecular formula is C12H25NO3. The van der Waals surface area contributed by atoms with Gasteiger partial charge in [0.2, 0.25) is 0 Å². The quantitative estimate of drug-likeness (QED) is 0.626. The number of nitrogens with zero attached hydrogens (tertiary/aromatic N) is 1. The number of hydrogen-bond acceptors (Lipinski definition) is 4. The van der Waals surface area contributed by atoms with Gasteiger partial charge in [0.1, 0.15) is 0 Å². The summed E-state index contributed by atoms with van der Waals surface area (Å²) in [4.78, 5) is 2.49. The molecule has 4 nitrogen and oxygen atoms in total. The Balaban J connectivity index is 1.90. The predicted molar refractivity (Wildman–Crippen MR) is 63.6 cm³/mol. The van der Waals surface area contributed by atoms with Crippen LogP contribution in [0.5, 0.6) is 0 Å². The Hall–Kier alpha value is -0.160. The molecule has 0 spiro atoms. The monoisotopic (exact) mass is 231 g/mol. The maximum absolute atomic E-state index is 8.50. The second-order valence-corrected chi connectivity index (χ2v) is 4.29. The SMILES string of the molecule is CCN1CCC(COCCOCCO)CC1. The van der Waals surface area contributed by atoms with E-state index in [9.17, 15) is 0 Å². The molecule has 1 N–H and O–H groups in total. The van der Waals surface area contributed by atoms with Crippen LogP contribution in [0.25, 0.3) is 0 Å². The van der Waals surface area contributed by atoms with Gasteiger partial charge < -0.3 is 19.5 Å². The minimum Gasteiger partial charge on any atom is -0.394 e. The first kappa shape index (κ1) is 13.9. The largest absolute Gasteiger partial charge is 0.394 e. The third-order valence-electron chi connectivity index (χ3n) is 3.12. The first-order valence-corrected chi connectivity index (χ1v) is 6.35. The van der Waals surface area contributed by atoms with Crippen LogP contribution in [0.1, 0.15) is 19.8 Å². The van der Waals surface area contributed by atoms with Crippen LogP contribution < -0.4 is 0 Å². The molecule has 1 aliphatic heterocycles. The Morgan fingerprint density at radius 1 is 1.12 bits per heavy atom. The standard InChI is InChI=1S/C12H25NO3/c1-2-13-5-3-12(4-6-13)11-16-10-9-15-8-7-14/h12,14H,2-11H2,1H3. The molecule has 1 aliphatic rings. The molecule has 0 bridgehead atoms. The van der Waals surface area contributed by atoms with Crippen LogP contribution in [0, 0.1) is 5.92 Å². The van der Waals surface area contributed by atoms with E-state index in [0.717, 1.165) is 12.5 Å². The van der Waals surface area contributed by atoms with Gasteiger partial charge in [-0.15, -0.1) is 0 Å². The van der Waals surface area contributed by atoms with Crippen molar-refractivity contribution in [3.8, 4) is 0 Å². The highest BCUT2D eigenvalue weighted by Crippen LogP contribution is 2.16. The van der Waals surface area contributed by atoms with E-state index in [1.807, 2.05) is 0 Å². The van der Waals surface area contributed by atoms with Gasteiger partial charge in [-0.05, 0) is 38.4 Å². The average Bonchev–Trinajstić information content (AvgIpc) is 2.34. The van der Waals surface area contributed by atoms with Gasteiger partial charge in [0, 0.05) is 6.61 Å².